The minimum absolute atomic E-state index is 0.713. The van der Waals surface area contributed by atoms with Crippen molar-refractivity contribution >= 4 is 0 Å². The molecule has 0 saturated carbocycles. The van der Waals surface area contributed by atoms with E-state index < -0.39 is 0 Å². The SMILES string of the molecule is [CH2-][NH2+]CCCOCCOCC. The van der Waals surface area contributed by atoms with Gasteiger partial charge >= 0.3 is 0 Å². The van der Waals surface area contributed by atoms with Crippen molar-refractivity contribution in [2.75, 3.05) is 33.0 Å². The van der Waals surface area contributed by atoms with Gasteiger partial charge in [0, 0.05) is 13.0 Å². The zero-order valence-electron chi connectivity index (χ0n) is 7.34. The summed E-state index contributed by atoms with van der Waals surface area (Å²) in [6.07, 6.45) is 1.07. The number of nitrogens with two attached hydrogens (primary N) is 1. The second-order valence-corrected chi connectivity index (χ2v) is 2.24. The fourth-order valence-electron chi connectivity index (χ4n) is 0.694. The van der Waals surface area contributed by atoms with Gasteiger partial charge in [0.15, 0.2) is 0 Å². The Morgan fingerprint density at radius 2 is 1.91 bits per heavy atom. The van der Waals surface area contributed by atoms with Crippen molar-refractivity contribution in [1.29, 1.82) is 0 Å². The minimum Gasteiger partial charge on any atom is -0.479 e. The second-order valence-electron chi connectivity index (χ2n) is 2.24. The molecule has 0 radical (unpaired) electrons. The maximum atomic E-state index is 5.26. The van der Waals surface area contributed by atoms with E-state index in [-0.39, 0.29) is 0 Å². The summed E-state index contributed by atoms with van der Waals surface area (Å²) in [6, 6.07) is 0. The fraction of sp³-hybridized carbons (Fsp3) is 0.875. The summed E-state index contributed by atoms with van der Waals surface area (Å²) < 4.78 is 10.4. The van der Waals surface area contributed by atoms with E-state index in [1.807, 2.05) is 12.2 Å². The highest BCUT2D eigenvalue weighted by Gasteiger charge is 1.87. The molecule has 0 unspecified atom stereocenters. The van der Waals surface area contributed by atoms with E-state index in [9.17, 15) is 0 Å². The maximum Gasteiger partial charge on any atom is 0.0700 e. The molecule has 0 aromatic carbocycles. The van der Waals surface area contributed by atoms with Crippen LogP contribution in [0.3, 0.4) is 0 Å². The summed E-state index contributed by atoms with van der Waals surface area (Å²) in [7, 11) is 3.63. The smallest absolute Gasteiger partial charge is 0.0700 e. The Balaban J connectivity index is 2.69. The van der Waals surface area contributed by atoms with Crippen molar-refractivity contribution in [3.63, 3.8) is 0 Å². The van der Waals surface area contributed by atoms with Crippen molar-refractivity contribution in [3.8, 4) is 0 Å². The summed E-state index contributed by atoms with van der Waals surface area (Å²) in [5.41, 5.74) is 0. The van der Waals surface area contributed by atoms with Crippen molar-refractivity contribution in [3.05, 3.63) is 7.05 Å². The van der Waals surface area contributed by atoms with Crippen LogP contribution in [0.4, 0.5) is 0 Å². The molecule has 3 nitrogen and oxygen atoms in total. The van der Waals surface area contributed by atoms with Gasteiger partial charge in [0.2, 0.25) is 0 Å². The first-order valence-corrected chi connectivity index (χ1v) is 4.18. The molecule has 0 rings (SSSR count). The molecule has 0 aliphatic rings. The largest absolute Gasteiger partial charge is 0.479 e. The van der Waals surface area contributed by atoms with E-state index in [0.29, 0.717) is 13.2 Å². The van der Waals surface area contributed by atoms with E-state index in [2.05, 4.69) is 7.05 Å². The predicted molar refractivity (Wildman–Crippen MR) is 44.1 cm³/mol. The van der Waals surface area contributed by atoms with Crippen LogP contribution >= 0.6 is 0 Å². The molecule has 0 amide bonds. The molecule has 0 bridgehead atoms. The van der Waals surface area contributed by atoms with Crippen LogP contribution in [0.1, 0.15) is 13.3 Å². The molecule has 0 spiro atoms. The average Bonchev–Trinajstić information content (AvgIpc) is 2.03. The number of hydrogen-bond donors (Lipinski definition) is 1. The summed E-state index contributed by atoms with van der Waals surface area (Å²) in [4.78, 5) is 0. The molecule has 0 heterocycles. The minimum atomic E-state index is 0.713. The second kappa shape index (κ2) is 9.88. The zero-order valence-corrected chi connectivity index (χ0v) is 7.34. The molecule has 11 heavy (non-hydrogen) atoms. The maximum absolute atomic E-state index is 5.26. The lowest BCUT2D eigenvalue weighted by atomic mass is 10.4. The molecular weight excluding hydrogens is 142 g/mol. The van der Waals surface area contributed by atoms with Gasteiger partial charge in [0.1, 0.15) is 0 Å². The lowest BCUT2D eigenvalue weighted by Gasteiger charge is -2.03. The number of quaternary nitrogens is 1. The Morgan fingerprint density at radius 3 is 2.55 bits per heavy atom. The van der Waals surface area contributed by atoms with Gasteiger partial charge in [-0.25, -0.2) is 0 Å². The van der Waals surface area contributed by atoms with Gasteiger partial charge in [-0.1, -0.05) is 0 Å². The lowest BCUT2D eigenvalue weighted by Crippen LogP contribution is -2.77. The summed E-state index contributed by atoms with van der Waals surface area (Å²) in [5.74, 6) is 0. The number of ether oxygens (including phenoxy) is 2. The number of rotatable bonds is 8. The van der Waals surface area contributed by atoms with Gasteiger partial charge in [-0.3, -0.25) is 0 Å². The number of hydrogen-bond acceptors (Lipinski definition) is 2. The first-order valence-electron chi connectivity index (χ1n) is 4.18. The third-order valence-corrected chi connectivity index (χ3v) is 1.27. The summed E-state index contributed by atoms with van der Waals surface area (Å²) in [6.45, 7) is 6.04. The van der Waals surface area contributed by atoms with E-state index in [1.54, 1.807) is 0 Å². The standard InChI is InChI=1S/C8H19NO2/c1-3-10-7-8-11-6-4-5-9-2/h2-9H2,1H3. The van der Waals surface area contributed by atoms with Crippen molar-refractivity contribution < 1.29 is 14.8 Å². The molecule has 0 aliphatic heterocycles. The quantitative estimate of drug-likeness (QED) is 0.395. The predicted octanol–water partition coefficient (Wildman–Crippen LogP) is -0.215. The van der Waals surface area contributed by atoms with Crippen LogP contribution in [0.2, 0.25) is 0 Å². The van der Waals surface area contributed by atoms with Crippen LogP contribution < -0.4 is 5.32 Å². The Kier molecular flexibility index (Phi) is 9.77. The molecule has 0 fully saturated rings. The lowest BCUT2D eigenvalue weighted by molar-refractivity contribution is -0.596. The zero-order chi connectivity index (χ0) is 8.36. The Hall–Kier alpha value is -0.120. The first-order chi connectivity index (χ1) is 5.41. The fourth-order valence-corrected chi connectivity index (χ4v) is 0.694. The molecule has 3 heteroatoms. The molecule has 0 saturated heterocycles. The van der Waals surface area contributed by atoms with Gasteiger partial charge < -0.3 is 14.8 Å². The van der Waals surface area contributed by atoms with Crippen molar-refractivity contribution in [2.45, 2.75) is 13.3 Å². The van der Waals surface area contributed by atoms with Crippen LogP contribution in [-0.4, -0.2) is 33.0 Å². The highest BCUT2D eigenvalue weighted by Crippen LogP contribution is 1.80. The first kappa shape index (κ1) is 10.9. The van der Waals surface area contributed by atoms with E-state index in [4.69, 9.17) is 9.47 Å². The normalized spacial score (nSPS) is 10.4. The third-order valence-electron chi connectivity index (χ3n) is 1.27. The van der Waals surface area contributed by atoms with E-state index in [0.717, 1.165) is 26.2 Å². The van der Waals surface area contributed by atoms with E-state index in [1.165, 1.54) is 0 Å². The van der Waals surface area contributed by atoms with Crippen LogP contribution in [0.5, 0.6) is 0 Å². The molecule has 0 atom stereocenters. The van der Waals surface area contributed by atoms with Crippen LogP contribution in [0, 0.1) is 7.05 Å². The molecule has 68 valence electrons. The van der Waals surface area contributed by atoms with Gasteiger partial charge in [-0.05, 0) is 6.92 Å². The van der Waals surface area contributed by atoms with Gasteiger partial charge in [0.25, 0.3) is 0 Å². The Bertz CT molecular complexity index is 61.1. The Morgan fingerprint density at radius 1 is 1.18 bits per heavy atom. The van der Waals surface area contributed by atoms with Crippen LogP contribution in [0.15, 0.2) is 0 Å². The molecular formula is C8H19NO2. The van der Waals surface area contributed by atoms with Crippen molar-refractivity contribution in [1.82, 2.24) is 0 Å². The summed E-state index contributed by atoms with van der Waals surface area (Å²) >= 11 is 0. The average molecular weight is 161 g/mol. The van der Waals surface area contributed by atoms with Gasteiger partial charge in [-0.2, -0.15) is 7.05 Å². The van der Waals surface area contributed by atoms with E-state index >= 15 is 0 Å². The highest BCUT2D eigenvalue weighted by atomic mass is 16.5. The van der Waals surface area contributed by atoms with Crippen LogP contribution in [0.25, 0.3) is 0 Å². The third kappa shape index (κ3) is 9.88. The molecule has 2 N–H and O–H groups in total. The Labute approximate surface area is 69.1 Å². The molecule has 0 aromatic heterocycles. The topological polar surface area (TPSA) is 35.1 Å². The monoisotopic (exact) mass is 161 g/mol. The van der Waals surface area contributed by atoms with Gasteiger partial charge in [0.05, 0.1) is 26.4 Å². The van der Waals surface area contributed by atoms with Gasteiger partial charge in [-0.15, -0.1) is 0 Å². The summed E-state index contributed by atoms with van der Waals surface area (Å²) in [5, 5.41) is 1.91. The van der Waals surface area contributed by atoms with Crippen molar-refractivity contribution in [2.24, 2.45) is 0 Å². The molecule has 0 aliphatic carbocycles. The molecule has 0 aromatic rings. The highest BCUT2D eigenvalue weighted by molar-refractivity contribution is 4.32. The van der Waals surface area contributed by atoms with Crippen LogP contribution in [-0.2, 0) is 9.47 Å².